The Labute approximate surface area is 204 Å². The normalized spacial score (nSPS) is 49.4. The molecule has 35 heavy (non-hydrogen) atoms. The number of hydrogen-bond acceptors (Lipinski definition) is 13. The predicted octanol–water partition coefficient (Wildman–Crippen LogP) is -3.16. The lowest BCUT2D eigenvalue weighted by Gasteiger charge is -2.46. The van der Waals surface area contributed by atoms with Gasteiger partial charge >= 0.3 is 0 Å². The molecule has 3 rings (SSSR count). The predicted molar refractivity (Wildman–Crippen MR) is 116 cm³/mol. The highest BCUT2D eigenvalue weighted by Crippen LogP contribution is 2.32. The topological polar surface area (TPSA) is 197 Å². The molecule has 3 heterocycles. The van der Waals surface area contributed by atoms with E-state index in [1.165, 1.54) is 0 Å². The SMILES string of the molecule is COC1CC(C(C)C)OC(C)C1OC1OC(COC2OC(CO)C(O)C(O)C2O)C(O)C(O)C1O. The van der Waals surface area contributed by atoms with Gasteiger partial charge in [0.1, 0.15) is 54.9 Å². The lowest BCUT2D eigenvalue weighted by molar-refractivity contribution is -0.347. The van der Waals surface area contributed by atoms with Gasteiger partial charge in [0.05, 0.1) is 31.5 Å². The number of ether oxygens (including phenoxy) is 6. The second-order valence-corrected chi connectivity index (χ2v) is 9.78. The first kappa shape index (κ1) is 29.0. The van der Waals surface area contributed by atoms with E-state index in [0.717, 1.165) is 0 Å². The Morgan fingerprint density at radius 3 is 1.94 bits per heavy atom. The van der Waals surface area contributed by atoms with E-state index >= 15 is 0 Å². The molecule has 3 fully saturated rings. The molecule has 14 unspecified atom stereocenters. The molecule has 7 N–H and O–H groups in total. The van der Waals surface area contributed by atoms with Crippen LogP contribution >= 0.6 is 0 Å². The first-order valence-electron chi connectivity index (χ1n) is 12.0. The first-order chi connectivity index (χ1) is 16.5. The Kier molecular flexibility index (Phi) is 10.2. The molecule has 13 nitrogen and oxygen atoms in total. The summed E-state index contributed by atoms with van der Waals surface area (Å²) < 4.78 is 34.0. The van der Waals surface area contributed by atoms with Crippen LogP contribution in [0.25, 0.3) is 0 Å². The van der Waals surface area contributed by atoms with E-state index < -0.39 is 86.8 Å². The third kappa shape index (κ3) is 6.32. The van der Waals surface area contributed by atoms with E-state index in [-0.39, 0.29) is 18.1 Å². The Balaban J connectivity index is 1.65. The van der Waals surface area contributed by atoms with Gasteiger partial charge in [0.15, 0.2) is 12.6 Å². The molecule has 3 aliphatic heterocycles. The maximum Gasteiger partial charge on any atom is 0.187 e. The molecule has 0 saturated carbocycles. The fourth-order valence-corrected chi connectivity index (χ4v) is 4.65. The van der Waals surface area contributed by atoms with Gasteiger partial charge < -0.3 is 64.2 Å². The van der Waals surface area contributed by atoms with Crippen LogP contribution in [0.4, 0.5) is 0 Å². The molecule has 3 saturated heterocycles. The van der Waals surface area contributed by atoms with Gasteiger partial charge in [-0.2, -0.15) is 0 Å². The van der Waals surface area contributed by atoms with Crippen LogP contribution in [0.2, 0.25) is 0 Å². The molecular formula is C22H40O13. The highest BCUT2D eigenvalue weighted by atomic mass is 16.7. The van der Waals surface area contributed by atoms with Crippen LogP contribution in [0.5, 0.6) is 0 Å². The second-order valence-electron chi connectivity index (χ2n) is 9.78. The number of methoxy groups -OCH3 is 1. The summed E-state index contributed by atoms with van der Waals surface area (Å²) in [7, 11) is 1.55. The summed E-state index contributed by atoms with van der Waals surface area (Å²) in [4.78, 5) is 0. The summed E-state index contributed by atoms with van der Waals surface area (Å²) in [6.45, 7) is 4.82. The molecular weight excluding hydrogens is 472 g/mol. The first-order valence-corrected chi connectivity index (χ1v) is 12.0. The zero-order valence-electron chi connectivity index (χ0n) is 20.4. The summed E-state index contributed by atoms with van der Waals surface area (Å²) >= 11 is 0. The fraction of sp³-hybridized carbons (Fsp3) is 1.00. The molecule has 0 aromatic heterocycles. The average molecular weight is 513 g/mol. The molecule has 13 heteroatoms. The molecule has 0 radical (unpaired) electrons. The van der Waals surface area contributed by atoms with Crippen molar-refractivity contribution in [3.63, 3.8) is 0 Å². The number of rotatable bonds is 8. The maximum atomic E-state index is 10.5. The molecule has 0 amide bonds. The minimum absolute atomic E-state index is 0.0425. The highest BCUT2D eigenvalue weighted by molar-refractivity contribution is 4.93. The van der Waals surface area contributed by atoms with Crippen molar-refractivity contribution < 1.29 is 64.2 Å². The molecule has 14 atom stereocenters. The van der Waals surface area contributed by atoms with Crippen LogP contribution < -0.4 is 0 Å². The monoisotopic (exact) mass is 512 g/mol. The van der Waals surface area contributed by atoms with Crippen molar-refractivity contribution in [3.8, 4) is 0 Å². The summed E-state index contributed by atoms with van der Waals surface area (Å²) in [5, 5.41) is 70.6. The van der Waals surface area contributed by atoms with Gasteiger partial charge in [-0.3, -0.25) is 0 Å². The quantitative estimate of drug-likeness (QED) is 0.172. The van der Waals surface area contributed by atoms with Crippen molar-refractivity contribution in [3.05, 3.63) is 0 Å². The van der Waals surface area contributed by atoms with Gasteiger partial charge in [0.25, 0.3) is 0 Å². The number of hydrogen-bond donors (Lipinski definition) is 7. The molecule has 206 valence electrons. The van der Waals surface area contributed by atoms with Crippen molar-refractivity contribution >= 4 is 0 Å². The van der Waals surface area contributed by atoms with Crippen molar-refractivity contribution in [2.24, 2.45) is 5.92 Å². The Morgan fingerprint density at radius 1 is 0.800 bits per heavy atom. The molecule has 0 aliphatic carbocycles. The fourth-order valence-electron chi connectivity index (χ4n) is 4.65. The lowest BCUT2D eigenvalue weighted by atomic mass is 9.92. The lowest BCUT2D eigenvalue weighted by Crippen LogP contribution is -2.63. The third-order valence-electron chi connectivity index (χ3n) is 6.96. The molecule has 0 aromatic rings. The van der Waals surface area contributed by atoms with E-state index in [1.54, 1.807) is 7.11 Å². The van der Waals surface area contributed by atoms with Crippen molar-refractivity contribution in [1.29, 1.82) is 0 Å². The third-order valence-corrected chi connectivity index (χ3v) is 6.96. The van der Waals surface area contributed by atoms with E-state index in [2.05, 4.69) is 0 Å². The van der Waals surface area contributed by atoms with E-state index in [0.29, 0.717) is 6.42 Å². The number of aliphatic hydroxyl groups is 7. The zero-order chi connectivity index (χ0) is 26.0. The zero-order valence-corrected chi connectivity index (χ0v) is 20.4. The van der Waals surface area contributed by atoms with Gasteiger partial charge in [0, 0.05) is 13.5 Å². The summed E-state index contributed by atoms with van der Waals surface area (Å²) in [6.07, 6.45) is -15.7. The van der Waals surface area contributed by atoms with Gasteiger partial charge in [-0.05, 0) is 12.8 Å². The van der Waals surface area contributed by atoms with E-state index in [9.17, 15) is 35.7 Å². The van der Waals surface area contributed by atoms with E-state index in [1.807, 2.05) is 20.8 Å². The minimum atomic E-state index is -1.65. The maximum absolute atomic E-state index is 10.5. The van der Waals surface area contributed by atoms with Crippen molar-refractivity contribution in [2.75, 3.05) is 20.3 Å². The van der Waals surface area contributed by atoms with Crippen molar-refractivity contribution in [1.82, 2.24) is 0 Å². The number of aliphatic hydroxyl groups excluding tert-OH is 7. The van der Waals surface area contributed by atoms with Crippen LogP contribution in [0, 0.1) is 5.92 Å². The second kappa shape index (κ2) is 12.3. The Hall–Kier alpha value is -0.520. The van der Waals surface area contributed by atoms with Crippen LogP contribution in [0.1, 0.15) is 27.2 Å². The van der Waals surface area contributed by atoms with Crippen LogP contribution in [0.3, 0.4) is 0 Å². The minimum Gasteiger partial charge on any atom is -0.394 e. The summed E-state index contributed by atoms with van der Waals surface area (Å²) in [5.41, 5.74) is 0. The van der Waals surface area contributed by atoms with Gasteiger partial charge in [-0.25, -0.2) is 0 Å². The summed E-state index contributed by atoms with van der Waals surface area (Å²) in [5.74, 6) is 0.258. The van der Waals surface area contributed by atoms with Gasteiger partial charge in [-0.15, -0.1) is 0 Å². The van der Waals surface area contributed by atoms with E-state index in [4.69, 9.17) is 28.4 Å². The largest absolute Gasteiger partial charge is 0.394 e. The van der Waals surface area contributed by atoms with Crippen LogP contribution in [-0.4, -0.2) is 142 Å². The average Bonchev–Trinajstić information content (AvgIpc) is 2.83. The molecule has 0 bridgehead atoms. The standard InChI is InChI=1S/C22H40O13/c1-8(2)10-5-11(30-4)20(9(3)32-10)35-22-19(29)17(27)15(25)13(34-22)7-31-21-18(28)16(26)14(24)12(6-23)33-21/h8-29H,5-7H2,1-4H3. The van der Waals surface area contributed by atoms with Gasteiger partial charge in [-0.1, -0.05) is 13.8 Å². The van der Waals surface area contributed by atoms with Crippen LogP contribution in [-0.2, 0) is 28.4 Å². The molecule has 3 aliphatic rings. The van der Waals surface area contributed by atoms with Crippen LogP contribution in [0.15, 0.2) is 0 Å². The molecule has 0 spiro atoms. The summed E-state index contributed by atoms with van der Waals surface area (Å²) in [6, 6.07) is 0. The smallest absolute Gasteiger partial charge is 0.187 e. The van der Waals surface area contributed by atoms with Gasteiger partial charge in [0.2, 0.25) is 0 Å². The van der Waals surface area contributed by atoms with Crippen molar-refractivity contribution in [2.45, 2.75) is 113 Å². The molecule has 0 aromatic carbocycles. The Bertz CT molecular complexity index is 651. The highest BCUT2D eigenvalue weighted by Gasteiger charge is 2.49. The Morgan fingerprint density at radius 2 is 1.37 bits per heavy atom.